The van der Waals surface area contributed by atoms with Crippen LogP contribution >= 0.6 is 11.3 Å². The maximum absolute atomic E-state index is 13.3. The van der Waals surface area contributed by atoms with E-state index in [9.17, 15) is 27.2 Å². The van der Waals surface area contributed by atoms with Crippen molar-refractivity contribution in [3.63, 3.8) is 0 Å². The lowest BCUT2D eigenvalue weighted by atomic mass is 10.1. The molecule has 2 heterocycles. The van der Waals surface area contributed by atoms with Crippen molar-refractivity contribution in [2.24, 2.45) is 5.73 Å². The number of rotatable bonds is 6. The highest BCUT2D eigenvalue weighted by Crippen LogP contribution is 2.36. The molecule has 0 radical (unpaired) electrons. The van der Waals surface area contributed by atoms with Crippen LogP contribution in [0.3, 0.4) is 0 Å². The van der Waals surface area contributed by atoms with E-state index in [2.05, 4.69) is 9.97 Å². The number of carbonyl (C=O) groups excluding carboxylic acids is 2. The highest BCUT2D eigenvalue weighted by atomic mass is 32.1. The van der Waals surface area contributed by atoms with Gasteiger partial charge in [0.2, 0.25) is 11.7 Å². The van der Waals surface area contributed by atoms with E-state index in [0.717, 1.165) is 23.6 Å². The number of primary amides is 1. The highest BCUT2D eigenvalue weighted by molar-refractivity contribution is 7.18. The van der Waals surface area contributed by atoms with Gasteiger partial charge in [-0.05, 0) is 43.3 Å². The molecule has 7 nitrogen and oxygen atoms in total. The van der Waals surface area contributed by atoms with Crippen molar-refractivity contribution in [2.75, 3.05) is 10.6 Å². The number of nitrogens with two attached hydrogens (primary N) is 2. The summed E-state index contributed by atoms with van der Waals surface area (Å²) in [7, 11) is 0. The lowest BCUT2D eigenvalue weighted by molar-refractivity contribution is -0.141. The summed E-state index contributed by atoms with van der Waals surface area (Å²) in [5.41, 5.74) is 10.4. The van der Waals surface area contributed by atoms with E-state index in [0.29, 0.717) is 11.8 Å². The van der Waals surface area contributed by atoms with Crippen LogP contribution in [-0.4, -0.2) is 27.7 Å². The van der Waals surface area contributed by atoms with Crippen LogP contribution < -0.4 is 16.4 Å². The number of nitrogens with zero attached hydrogens (tertiary/aromatic N) is 3. The number of carbonyl (C=O) groups is 2. The van der Waals surface area contributed by atoms with E-state index < -0.39 is 35.4 Å². The second kappa shape index (κ2) is 8.30. The monoisotopic (exact) mass is 453 g/mol. The standard InChI is InChI=1S/C19H15F4N5O2S/c1-9(17(25)30)28(12-5-3-11(20)4-6-12)18-27-16(24)15(31-18)14(29)10-2-7-13(26-8-10)19(21,22)23/h2-9H,24H2,1H3,(H2,25,30)/t9-/m1/s1. The molecular formula is C19H15F4N5O2S. The minimum Gasteiger partial charge on any atom is -0.382 e. The summed E-state index contributed by atoms with van der Waals surface area (Å²) < 4.78 is 51.4. The fraction of sp³-hybridized carbons (Fsp3) is 0.158. The smallest absolute Gasteiger partial charge is 0.382 e. The van der Waals surface area contributed by atoms with Crippen molar-refractivity contribution in [1.29, 1.82) is 0 Å². The third-order valence-electron chi connectivity index (χ3n) is 4.27. The maximum Gasteiger partial charge on any atom is 0.433 e. The zero-order valence-corrected chi connectivity index (χ0v) is 16.7. The molecule has 0 saturated carbocycles. The van der Waals surface area contributed by atoms with Crippen molar-refractivity contribution in [1.82, 2.24) is 9.97 Å². The van der Waals surface area contributed by atoms with Crippen LogP contribution in [0.25, 0.3) is 0 Å². The molecule has 1 atom stereocenters. The maximum atomic E-state index is 13.3. The minimum absolute atomic E-state index is 0.0552. The molecular weight excluding hydrogens is 438 g/mol. The zero-order valence-electron chi connectivity index (χ0n) is 15.9. The molecule has 12 heteroatoms. The third-order valence-corrected chi connectivity index (χ3v) is 5.34. The Morgan fingerprint density at radius 3 is 2.29 bits per heavy atom. The van der Waals surface area contributed by atoms with Gasteiger partial charge in [0.05, 0.1) is 0 Å². The molecule has 0 saturated heterocycles. The number of alkyl halides is 3. The quantitative estimate of drug-likeness (QED) is 0.436. The molecule has 0 spiro atoms. The van der Waals surface area contributed by atoms with E-state index in [-0.39, 0.29) is 21.4 Å². The number of thiazole rings is 1. The molecule has 1 aromatic carbocycles. The number of benzene rings is 1. The molecule has 0 aliphatic carbocycles. The summed E-state index contributed by atoms with van der Waals surface area (Å²) in [6.07, 6.45) is -3.84. The molecule has 3 aromatic rings. The van der Waals surface area contributed by atoms with Gasteiger partial charge in [0.15, 0.2) is 5.13 Å². The Bertz CT molecular complexity index is 1110. The van der Waals surface area contributed by atoms with E-state index in [1.54, 1.807) is 0 Å². The molecule has 0 aliphatic rings. The molecule has 0 bridgehead atoms. The zero-order chi connectivity index (χ0) is 22.9. The minimum atomic E-state index is -4.64. The van der Waals surface area contributed by atoms with Crippen LogP contribution in [0.4, 0.5) is 34.2 Å². The van der Waals surface area contributed by atoms with Gasteiger partial charge < -0.3 is 16.4 Å². The number of hydrogen-bond donors (Lipinski definition) is 2. The number of hydrogen-bond acceptors (Lipinski definition) is 7. The molecule has 3 rings (SSSR count). The average molecular weight is 453 g/mol. The number of halogens is 4. The number of amides is 1. The second-order valence-corrected chi connectivity index (χ2v) is 7.37. The molecule has 1 amide bonds. The van der Waals surface area contributed by atoms with Gasteiger partial charge in [-0.2, -0.15) is 13.2 Å². The predicted octanol–water partition coefficient (Wildman–Crippen LogP) is 3.52. The molecule has 0 fully saturated rings. The van der Waals surface area contributed by atoms with Crippen LogP contribution in [0.2, 0.25) is 0 Å². The van der Waals surface area contributed by atoms with Crippen molar-refractivity contribution >= 4 is 39.7 Å². The van der Waals surface area contributed by atoms with Crippen LogP contribution in [0, 0.1) is 5.82 Å². The van der Waals surface area contributed by atoms with Gasteiger partial charge in [0.1, 0.15) is 28.2 Å². The van der Waals surface area contributed by atoms with Crippen LogP contribution in [-0.2, 0) is 11.0 Å². The Labute approximate surface area is 177 Å². The van der Waals surface area contributed by atoms with Crippen molar-refractivity contribution < 1.29 is 27.2 Å². The van der Waals surface area contributed by atoms with Gasteiger partial charge in [0.25, 0.3) is 0 Å². The Kier molecular flexibility index (Phi) is 5.93. The predicted molar refractivity (Wildman–Crippen MR) is 106 cm³/mol. The van der Waals surface area contributed by atoms with E-state index in [1.807, 2.05) is 0 Å². The summed E-state index contributed by atoms with van der Waals surface area (Å²) in [6.45, 7) is 1.49. The summed E-state index contributed by atoms with van der Waals surface area (Å²) in [4.78, 5) is 33.3. The molecule has 0 unspecified atom stereocenters. The van der Waals surface area contributed by atoms with Gasteiger partial charge >= 0.3 is 6.18 Å². The topological polar surface area (TPSA) is 115 Å². The fourth-order valence-corrected chi connectivity index (χ4v) is 3.69. The van der Waals surface area contributed by atoms with E-state index in [4.69, 9.17) is 11.5 Å². The van der Waals surface area contributed by atoms with E-state index >= 15 is 0 Å². The lowest BCUT2D eigenvalue weighted by Crippen LogP contribution is -2.39. The Hall–Kier alpha value is -3.54. The highest BCUT2D eigenvalue weighted by Gasteiger charge is 2.33. The van der Waals surface area contributed by atoms with Gasteiger partial charge in [0, 0.05) is 17.4 Å². The van der Waals surface area contributed by atoms with Crippen molar-refractivity contribution in [2.45, 2.75) is 19.1 Å². The number of pyridine rings is 1. The van der Waals surface area contributed by atoms with Gasteiger partial charge in [-0.1, -0.05) is 11.3 Å². The van der Waals surface area contributed by atoms with Crippen LogP contribution in [0.1, 0.15) is 27.9 Å². The first kappa shape index (κ1) is 22.2. The first-order valence-corrected chi connectivity index (χ1v) is 9.49. The number of ketones is 1. The second-order valence-electron chi connectivity index (χ2n) is 6.39. The summed E-state index contributed by atoms with van der Waals surface area (Å²) >= 11 is 0.814. The Morgan fingerprint density at radius 2 is 1.77 bits per heavy atom. The van der Waals surface area contributed by atoms with Gasteiger partial charge in [-0.25, -0.2) is 9.37 Å². The average Bonchev–Trinajstić information content (AvgIpc) is 3.09. The largest absolute Gasteiger partial charge is 0.433 e. The Morgan fingerprint density at radius 1 is 1.13 bits per heavy atom. The van der Waals surface area contributed by atoms with Crippen LogP contribution in [0.15, 0.2) is 42.6 Å². The molecule has 2 aromatic heterocycles. The number of nitrogen functional groups attached to an aromatic ring is 1. The molecule has 31 heavy (non-hydrogen) atoms. The summed E-state index contributed by atoms with van der Waals surface area (Å²) in [5.74, 6) is -2.08. The third kappa shape index (κ3) is 4.63. The number of aromatic nitrogens is 2. The van der Waals surface area contributed by atoms with Gasteiger partial charge in [-0.15, -0.1) is 0 Å². The fourth-order valence-electron chi connectivity index (χ4n) is 2.64. The summed E-state index contributed by atoms with van der Waals surface area (Å²) in [6, 6.07) is 5.89. The molecule has 4 N–H and O–H groups in total. The van der Waals surface area contributed by atoms with E-state index in [1.165, 1.54) is 36.1 Å². The molecule has 162 valence electrons. The van der Waals surface area contributed by atoms with Crippen molar-refractivity contribution in [3.05, 3.63) is 64.5 Å². The molecule has 0 aliphatic heterocycles. The Balaban J connectivity index is 1.99. The van der Waals surface area contributed by atoms with Gasteiger partial charge in [-0.3, -0.25) is 14.6 Å². The first-order chi connectivity index (χ1) is 14.5. The lowest BCUT2D eigenvalue weighted by Gasteiger charge is -2.26. The number of anilines is 3. The first-order valence-electron chi connectivity index (χ1n) is 8.67. The SMILES string of the molecule is C[C@H](C(N)=O)N(c1ccc(F)cc1)c1nc(N)c(C(=O)c2ccc(C(F)(F)F)nc2)s1. The van der Waals surface area contributed by atoms with Crippen LogP contribution in [0.5, 0.6) is 0 Å². The summed E-state index contributed by atoms with van der Waals surface area (Å²) in [5, 5.41) is 0.124. The van der Waals surface area contributed by atoms with Crippen molar-refractivity contribution in [3.8, 4) is 0 Å². The normalized spacial score (nSPS) is 12.4.